The van der Waals surface area contributed by atoms with E-state index in [9.17, 15) is 4.79 Å². The first-order chi connectivity index (χ1) is 7.63. The van der Waals surface area contributed by atoms with Crippen molar-refractivity contribution in [1.29, 1.82) is 0 Å². The van der Waals surface area contributed by atoms with Crippen LogP contribution in [-0.2, 0) is 11.2 Å². The fourth-order valence-corrected chi connectivity index (χ4v) is 1.76. The Hall–Kier alpha value is -1.35. The van der Waals surface area contributed by atoms with Crippen molar-refractivity contribution in [3.8, 4) is 0 Å². The summed E-state index contributed by atoms with van der Waals surface area (Å²) in [6.45, 7) is 2.59. The summed E-state index contributed by atoms with van der Waals surface area (Å²) in [5.74, 6) is 0.0757. The topological polar surface area (TPSA) is 55.1 Å². The number of carbonyl (C=O) groups is 1. The van der Waals surface area contributed by atoms with Gasteiger partial charge in [0.2, 0.25) is 5.91 Å². The molecule has 1 saturated carbocycles. The van der Waals surface area contributed by atoms with E-state index in [1.165, 1.54) is 5.56 Å². The molecule has 0 aliphatic heterocycles. The highest BCUT2D eigenvalue weighted by Gasteiger charge is 2.42. The monoisotopic (exact) mass is 218 g/mol. The molecule has 0 spiro atoms. The fraction of sp³-hybridized carbons (Fsp3) is 0.462. The van der Waals surface area contributed by atoms with Crippen molar-refractivity contribution >= 4 is 5.91 Å². The van der Waals surface area contributed by atoms with Crippen LogP contribution in [0.1, 0.15) is 24.0 Å². The molecule has 1 aliphatic rings. The predicted molar refractivity (Wildman–Crippen MR) is 64.0 cm³/mol. The number of nitrogens with two attached hydrogens (primary N) is 1. The number of nitrogens with one attached hydrogen (secondary N) is 1. The maximum atomic E-state index is 11.7. The van der Waals surface area contributed by atoms with Gasteiger partial charge in [-0.2, -0.15) is 0 Å². The summed E-state index contributed by atoms with van der Waals surface area (Å²) in [4.78, 5) is 11.7. The van der Waals surface area contributed by atoms with Gasteiger partial charge >= 0.3 is 0 Å². The van der Waals surface area contributed by atoms with Crippen LogP contribution in [0.5, 0.6) is 0 Å². The van der Waals surface area contributed by atoms with E-state index in [0.29, 0.717) is 13.0 Å². The highest BCUT2D eigenvalue weighted by Crippen LogP contribution is 2.33. The molecular formula is C13H18N2O. The van der Waals surface area contributed by atoms with E-state index < -0.39 is 0 Å². The van der Waals surface area contributed by atoms with Crippen molar-refractivity contribution in [2.45, 2.75) is 31.7 Å². The highest BCUT2D eigenvalue weighted by molar-refractivity contribution is 5.79. The molecule has 1 aromatic carbocycles. The number of hydrogen-bond acceptors (Lipinski definition) is 2. The molecule has 1 aliphatic carbocycles. The lowest BCUT2D eigenvalue weighted by molar-refractivity contribution is -0.121. The predicted octanol–water partition coefficient (Wildman–Crippen LogP) is 1.15. The van der Waals surface area contributed by atoms with Gasteiger partial charge in [0.1, 0.15) is 0 Å². The molecule has 0 unspecified atom stereocenters. The fourth-order valence-electron chi connectivity index (χ4n) is 1.76. The van der Waals surface area contributed by atoms with Gasteiger partial charge in [0.25, 0.3) is 0 Å². The number of amides is 1. The minimum atomic E-state index is -0.0816. The third-order valence-electron chi connectivity index (χ3n) is 3.13. The maximum absolute atomic E-state index is 11.7. The standard InChI is InChI=1S/C13H18N2O/c1-10-2-4-11(5-3-10)8-12(16)15-13(9-14)6-7-13/h2-5H,6-9,14H2,1H3,(H,15,16). The molecule has 86 valence electrons. The summed E-state index contributed by atoms with van der Waals surface area (Å²) < 4.78 is 0. The molecule has 0 aromatic heterocycles. The summed E-state index contributed by atoms with van der Waals surface area (Å²) in [6.07, 6.45) is 2.48. The van der Waals surface area contributed by atoms with Crippen molar-refractivity contribution in [3.05, 3.63) is 35.4 Å². The van der Waals surface area contributed by atoms with Crippen LogP contribution in [0, 0.1) is 6.92 Å². The molecule has 0 atom stereocenters. The summed E-state index contributed by atoms with van der Waals surface area (Å²) >= 11 is 0. The summed E-state index contributed by atoms with van der Waals surface area (Å²) in [5, 5.41) is 3.02. The van der Waals surface area contributed by atoms with E-state index in [1.54, 1.807) is 0 Å². The van der Waals surface area contributed by atoms with Crippen LogP contribution in [0.2, 0.25) is 0 Å². The second-order valence-electron chi connectivity index (χ2n) is 4.70. The number of aryl methyl sites for hydroxylation is 1. The van der Waals surface area contributed by atoms with Gasteiger partial charge in [-0.1, -0.05) is 29.8 Å². The Morgan fingerprint density at radius 2 is 2.00 bits per heavy atom. The lowest BCUT2D eigenvalue weighted by atomic mass is 10.1. The molecule has 3 nitrogen and oxygen atoms in total. The Morgan fingerprint density at radius 1 is 1.38 bits per heavy atom. The number of hydrogen-bond donors (Lipinski definition) is 2. The van der Waals surface area contributed by atoms with Gasteiger partial charge in [-0.15, -0.1) is 0 Å². The van der Waals surface area contributed by atoms with E-state index in [-0.39, 0.29) is 11.4 Å². The second-order valence-corrected chi connectivity index (χ2v) is 4.70. The Morgan fingerprint density at radius 3 is 2.50 bits per heavy atom. The highest BCUT2D eigenvalue weighted by atomic mass is 16.1. The normalized spacial score (nSPS) is 16.9. The van der Waals surface area contributed by atoms with Crippen LogP contribution in [-0.4, -0.2) is 18.0 Å². The van der Waals surface area contributed by atoms with Crippen molar-refractivity contribution in [3.63, 3.8) is 0 Å². The molecule has 1 aromatic rings. The van der Waals surface area contributed by atoms with Crippen LogP contribution in [0.4, 0.5) is 0 Å². The van der Waals surface area contributed by atoms with Gasteiger partial charge in [0, 0.05) is 6.54 Å². The molecule has 0 bridgehead atoms. The Labute approximate surface area is 96.0 Å². The van der Waals surface area contributed by atoms with Gasteiger partial charge in [0.05, 0.1) is 12.0 Å². The van der Waals surface area contributed by atoms with Crippen molar-refractivity contribution in [1.82, 2.24) is 5.32 Å². The second kappa shape index (κ2) is 4.26. The zero-order valence-corrected chi connectivity index (χ0v) is 9.62. The number of benzene rings is 1. The van der Waals surface area contributed by atoms with E-state index in [0.717, 1.165) is 18.4 Å². The van der Waals surface area contributed by atoms with Crippen LogP contribution in [0.25, 0.3) is 0 Å². The Balaban J connectivity index is 1.90. The molecule has 0 heterocycles. The quantitative estimate of drug-likeness (QED) is 0.796. The van der Waals surface area contributed by atoms with Crippen molar-refractivity contribution in [2.75, 3.05) is 6.54 Å². The molecule has 0 radical (unpaired) electrons. The van der Waals surface area contributed by atoms with E-state index in [2.05, 4.69) is 5.32 Å². The summed E-state index contributed by atoms with van der Waals surface area (Å²) in [7, 11) is 0. The molecule has 16 heavy (non-hydrogen) atoms. The van der Waals surface area contributed by atoms with Gasteiger partial charge in [-0.05, 0) is 25.3 Å². The molecule has 1 amide bonds. The molecule has 0 saturated heterocycles. The SMILES string of the molecule is Cc1ccc(CC(=O)NC2(CN)CC2)cc1. The van der Waals surface area contributed by atoms with E-state index in [4.69, 9.17) is 5.73 Å². The van der Waals surface area contributed by atoms with E-state index in [1.807, 2.05) is 31.2 Å². The molecule has 1 fully saturated rings. The third kappa shape index (κ3) is 2.61. The summed E-state index contributed by atoms with van der Waals surface area (Å²) in [5.41, 5.74) is 7.80. The first kappa shape index (κ1) is 11.1. The average molecular weight is 218 g/mol. The maximum Gasteiger partial charge on any atom is 0.224 e. The van der Waals surface area contributed by atoms with Gasteiger partial charge in [0.15, 0.2) is 0 Å². The van der Waals surface area contributed by atoms with Crippen LogP contribution < -0.4 is 11.1 Å². The van der Waals surface area contributed by atoms with Crippen LogP contribution in [0.15, 0.2) is 24.3 Å². The molecule has 2 rings (SSSR count). The Kier molecular flexibility index (Phi) is 2.97. The molecule has 3 heteroatoms. The van der Waals surface area contributed by atoms with Crippen LogP contribution >= 0.6 is 0 Å². The Bertz CT molecular complexity index is 379. The first-order valence-corrected chi connectivity index (χ1v) is 5.70. The number of carbonyl (C=O) groups excluding carboxylic acids is 1. The summed E-state index contributed by atoms with van der Waals surface area (Å²) in [6, 6.07) is 8.05. The molecule has 3 N–H and O–H groups in total. The molecular weight excluding hydrogens is 200 g/mol. The zero-order valence-electron chi connectivity index (χ0n) is 9.62. The van der Waals surface area contributed by atoms with Gasteiger partial charge < -0.3 is 11.1 Å². The minimum absolute atomic E-state index is 0.0757. The minimum Gasteiger partial charge on any atom is -0.349 e. The van der Waals surface area contributed by atoms with Crippen LogP contribution in [0.3, 0.4) is 0 Å². The lowest BCUT2D eigenvalue weighted by Crippen LogP contribution is -2.43. The third-order valence-corrected chi connectivity index (χ3v) is 3.13. The largest absolute Gasteiger partial charge is 0.349 e. The van der Waals surface area contributed by atoms with Gasteiger partial charge in [-0.25, -0.2) is 0 Å². The smallest absolute Gasteiger partial charge is 0.224 e. The van der Waals surface area contributed by atoms with Crippen molar-refractivity contribution < 1.29 is 4.79 Å². The lowest BCUT2D eigenvalue weighted by Gasteiger charge is -2.14. The van der Waals surface area contributed by atoms with Crippen molar-refractivity contribution in [2.24, 2.45) is 5.73 Å². The first-order valence-electron chi connectivity index (χ1n) is 5.70. The zero-order chi connectivity index (χ0) is 11.6. The van der Waals surface area contributed by atoms with E-state index >= 15 is 0 Å². The number of rotatable bonds is 4. The van der Waals surface area contributed by atoms with Gasteiger partial charge in [-0.3, -0.25) is 4.79 Å². The average Bonchev–Trinajstić information content (AvgIpc) is 3.02.